The van der Waals surface area contributed by atoms with Crippen molar-refractivity contribution in [1.29, 1.82) is 0 Å². The Morgan fingerprint density at radius 3 is 2.03 bits per heavy atom. The molecule has 6 rings (SSSR count). The minimum atomic E-state index is -2.28. The lowest BCUT2D eigenvalue weighted by molar-refractivity contribution is -0.148. The van der Waals surface area contributed by atoms with Crippen LogP contribution in [0.5, 0.6) is 5.75 Å². The van der Waals surface area contributed by atoms with Gasteiger partial charge >= 0.3 is 0 Å². The second-order valence-corrected chi connectivity index (χ2v) is 27.4. The van der Waals surface area contributed by atoms with Crippen molar-refractivity contribution in [2.75, 3.05) is 57.7 Å². The van der Waals surface area contributed by atoms with Crippen molar-refractivity contribution in [3.05, 3.63) is 65.3 Å². The molecule has 3 saturated heterocycles. The fraction of sp³-hybridized carbons (Fsp3) is 0.686. The van der Waals surface area contributed by atoms with Gasteiger partial charge in [-0.3, -0.25) is 43.9 Å². The molecule has 3 aromatic rings. The number of unbranched alkanes of at least 4 members (excludes halogenated alkanes) is 5. The Morgan fingerprint density at radius 2 is 1.37 bits per heavy atom. The molecule has 1 aromatic heterocycles. The summed E-state index contributed by atoms with van der Waals surface area (Å²) >= 11 is 6.04. The third-order valence-electron chi connectivity index (χ3n) is 19.0. The van der Waals surface area contributed by atoms with E-state index in [1.807, 2.05) is 30.5 Å². The van der Waals surface area contributed by atoms with E-state index in [-0.39, 0.29) is 56.8 Å². The predicted molar refractivity (Wildman–Crippen MR) is 377 cm³/mol. The van der Waals surface area contributed by atoms with Gasteiger partial charge in [-0.25, -0.2) is 0 Å². The minimum Gasteiger partial charge on any atom is -0.508 e. The van der Waals surface area contributed by atoms with E-state index >= 15 is 0 Å². The number of fused-ring (bicyclic) bond motifs is 3. The quantitative estimate of drug-likeness (QED) is 0.0406. The van der Waals surface area contributed by atoms with Crippen LogP contribution in [0.4, 0.5) is 5.69 Å². The fourth-order valence-electron chi connectivity index (χ4n) is 13.0. The van der Waals surface area contributed by atoms with E-state index in [4.69, 9.17) is 23.1 Å². The lowest BCUT2D eigenvalue weighted by Gasteiger charge is -2.35. The van der Waals surface area contributed by atoms with Crippen LogP contribution in [0.2, 0.25) is 5.02 Å². The fourth-order valence-corrected chi connectivity index (χ4v) is 13.2. The number of anilines is 1. The molecule has 4 heterocycles. The summed E-state index contributed by atoms with van der Waals surface area (Å²) in [6.07, 6.45) is -2.73. The number of aliphatic hydroxyl groups is 7. The smallest absolute Gasteiger partial charge is 0.248 e. The summed E-state index contributed by atoms with van der Waals surface area (Å²) < 4.78 is 0. The highest BCUT2D eigenvalue weighted by molar-refractivity contribution is 6.31. The molecule has 0 radical (unpaired) electrons. The largest absolute Gasteiger partial charge is 0.508 e. The maximum atomic E-state index is 14.6. The molecular formula is C70H114ClN13O15. The maximum Gasteiger partial charge on any atom is 0.248 e. The molecular weight excluding hydrogens is 1300 g/mol. The number of rotatable bonds is 31. The Morgan fingerprint density at radius 1 is 0.717 bits per heavy atom. The summed E-state index contributed by atoms with van der Waals surface area (Å²) in [4.78, 5) is 109. The number of nitrogens with zero attached hydrogens (tertiary/aromatic N) is 4. The van der Waals surface area contributed by atoms with Crippen LogP contribution in [0.1, 0.15) is 163 Å². The van der Waals surface area contributed by atoms with Crippen LogP contribution in [0.3, 0.4) is 0 Å². The molecule has 0 bridgehead atoms. The van der Waals surface area contributed by atoms with Crippen LogP contribution in [-0.2, 0) is 33.6 Å². The summed E-state index contributed by atoms with van der Waals surface area (Å²) in [7, 11) is 0. The van der Waals surface area contributed by atoms with Gasteiger partial charge in [-0.1, -0.05) is 103 Å². The number of benzene rings is 2. The van der Waals surface area contributed by atoms with Crippen molar-refractivity contribution < 1.29 is 74.4 Å². The van der Waals surface area contributed by atoms with E-state index in [0.717, 1.165) is 96.4 Å². The number of aromatic hydroxyl groups is 1. The first kappa shape index (κ1) is 83.3. The molecule has 0 spiro atoms. The van der Waals surface area contributed by atoms with Gasteiger partial charge in [0.2, 0.25) is 41.4 Å². The number of aliphatic hydroxyl groups excluding tert-OH is 7. The van der Waals surface area contributed by atoms with Crippen molar-refractivity contribution in [1.82, 2.24) is 51.6 Å². The number of carbonyl (C=O) groups excluding carboxylic acids is 7. The Hall–Kier alpha value is -6.41. The number of pyridine rings is 1. The van der Waals surface area contributed by atoms with Crippen LogP contribution in [-0.4, -0.2) is 239 Å². The first-order valence-corrected chi connectivity index (χ1v) is 35.9. The first-order valence-electron chi connectivity index (χ1n) is 35.5. The maximum absolute atomic E-state index is 14.6. The second kappa shape index (κ2) is 42.1. The number of hydrogen-bond donors (Lipinski definition) is 17. The standard InChI is InChI=1S/C52H88N10O15.C18H26ClN3/c1-5-28(2)24-29(3)12-10-8-6-7-9-11-13-39(69)56-34-26-38(68)46(55-22-21-54)60-50(75)43-37(67)19-23-61(43)52(77)41(36(66)18-20-53)58-49(74)42(45(71)44(70)31-14-16-32(64)17-15-31)59-48(73)35-25-33(65)27-62(35)51(76)40(30(4)63)57-47(34)72;1-4-22(5-2)12-6-7-14(3)21-17-10-11-20-18-13-15(19)8-9-16(17)18/h14-17,28-30,33-38,40-46,55,63-68,70-71H,5-13,18-27,53-54H2,1-4H3,(H,56,69)(H,57,72)(H,58,74)(H,59,73)(H,60,75);8-11,13-14H,4-7,12H2,1-3H3,(H,20,21)/t28?,29?,30-,33-,34+,35+,36-,37+,38-,40+,41+,42+,43+,44+,45+,46-;/m1./s1. The lowest BCUT2D eigenvalue weighted by atomic mass is 9.91. The molecule has 3 aliphatic rings. The monoisotopic (exact) mass is 1410 g/mol. The van der Waals surface area contributed by atoms with Crippen LogP contribution in [0.25, 0.3) is 10.9 Å². The molecule has 7 amide bonds. The van der Waals surface area contributed by atoms with Gasteiger partial charge < -0.3 is 98.9 Å². The van der Waals surface area contributed by atoms with Crippen LogP contribution in [0.15, 0.2) is 54.7 Å². The van der Waals surface area contributed by atoms with E-state index in [2.05, 4.69) is 88.6 Å². The molecule has 3 fully saturated rings. The summed E-state index contributed by atoms with van der Waals surface area (Å²) in [5.41, 5.74) is 13.6. The number of amides is 7. The highest BCUT2D eigenvalue weighted by atomic mass is 35.5. The minimum absolute atomic E-state index is 0.0257. The molecule has 2 aromatic carbocycles. The van der Waals surface area contributed by atoms with Gasteiger partial charge in [0.1, 0.15) is 60.4 Å². The zero-order valence-corrected chi connectivity index (χ0v) is 59.5. The van der Waals surface area contributed by atoms with Crippen LogP contribution in [0, 0.1) is 11.8 Å². The summed E-state index contributed by atoms with van der Waals surface area (Å²) in [6.45, 7) is 16.9. The number of nitrogens with two attached hydrogens (primary N) is 2. The van der Waals surface area contributed by atoms with Crippen molar-refractivity contribution in [2.45, 2.75) is 242 Å². The number of halogens is 1. The van der Waals surface area contributed by atoms with Gasteiger partial charge in [-0.05, 0) is 132 Å². The molecule has 28 nitrogen and oxygen atoms in total. The molecule has 19 N–H and O–H groups in total. The molecule has 3 unspecified atom stereocenters. The predicted octanol–water partition coefficient (Wildman–Crippen LogP) is 1.50. The zero-order chi connectivity index (χ0) is 73.0. The van der Waals surface area contributed by atoms with E-state index < -0.39 is 146 Å². The number of phenols is 1. The van der Waals surface area contributed by atoms with Crippen molar-refractivity contribution in [2.24, 2.45) is 23.3 Å². The number of aromatic nitrogens is 1. The normalized spacial score (nSPS) is 25.1. The highest BCUT2D eigenvalue weighted by Gasteiger charge is 2.49. The third-order valence-corrected chi connectivity index (χ3v) is 19.2. The number of hydrogen-bond acceptors (Lipinski definition) is 21. The highest BCUT2D eigenvalue weighted by Crippen LogP contribution is 2.29. The summed E-state index contributed by atoms with van der Waals surface area (Å²) in [6, 6.07) is 1.95. The molecule has 29 heteroatoms. The average Bonchev–Trinajstić information content (AvgIpc) is 1.70. The Balaban J connectivity index is 0.000000676. The number of carbonyl (C=O) groups is 7. The SMILES string of the molecule is CCC(C)CC(C)CCCCCCCCC(=O)N[C@H]1C[C@@H](O)[C@H](NCCN)NC(=O)[C@@H]2[C@@H](O)CCN2C(=O)[C@H]([C@H](O)CCN)NC(=O)[C@H]([C@H](O)[C@@H](O)c2ccc(O)cc2)NC(=O)[C@@H]2C[C@@H](O)CN2C(=O)[C@H]([C@@H](C)O)NC1=O.CCN(CC)CCCC(C)Nc1ccnc2cc(Cl)ccc12. The van der Waals surface area contributed by atoms with E-state index in [0.29, 0.717) is 30.7 Å². The van der Waals surface area contributed by atoms with E-state index in [1.165, 1.54) is 43.7 Å². The van der Waals surface area contributed by atoms with Gasteiger partial charge in [0, 0.05) is 73.8 Å². The second-order valence-electron chi connectivity index (χ2n) is 27.0. The van der Waals surface area contributed by atoms with Crippen LogP contribution >= 0.6 is 11.6 Å². The first-order chi connectivity index (χ1) is 47.2. The average molecular weight is 1410 g/mol. The molecule has 17 atom stereocenters. The van der Waals surface area contributed by atoms with Gasteiger partial charge in [-0.2, -0.15) is 0 Å². The number of phenolic OH excluding ortho intramolecular Hbond substituents is 1. The Labute approximate surface area is 587 Å². The van der Waals surface area contributed by atoms with Crippen molar-refractivity contribution >= 4 is 69.5 Å². The third kappa shape index (κ3) is 25.6. The summed E-state index contributed by atoms with van der Waals surface area (Å²) in [5.74, 6) is -6.43. The van der Waals surface area contributed by atoms with Gasteiger partial charge in [0.05, 0.1) is 36.0 Å². The van der Waals surface area contributed by atoms with Crippen molar-refractivity contribution in [3.8, 4) is 5.75 Å². The van der Waals surface area contributed by atoms with Crippen molar-refractivity contribution in [3.63, 3.8) is 0 Å². The Bertz CT molecular complexity index is 3010. The lowest BCUT2D eigenvalue weighted by Crippen LogP contribution is -2.65. The molecule has 99 heavy (non-hydrogen) atoms. The molecule has 0 saturated carbocycles. The van der Waals surface area contributed by atoms with Gasteiger partial charge in [-0.15, -0.1) is 0 Å². The number of nitrogens with one attached hydrogen (secondary N) is 7. The Kier molecular flexibility index (Phi) is 35.4. The summed E-state index contributed by atoms with van der Waals surface area (Å²) in [5, 5.41) is 110. The van der Waals surface area contributed by atoms with Gasteiger partial charge in [0.15, 0.2) is 0 Å². The topological polar surface area (TPSA) is 440 Å². The molecule has 3 aliphatic heterocycles. The van der Waals surface area contributed by atoms with E-state index in [1.54, 1.807) is 0 Å². The molecule has 0 aliphatic carbocycles. The zero-order valence-electron chi connectivity index (χ0n) is 58.7. The van der Waals surface area contributed by atoms with Gasteiger partial charge in [0.25, 0.3) is 0 Å². The molecule has 556 valence electrons. The van der Waals surface area contributed by atoms with E-state index in [9.17, 15) is 74.4 Å². The van der Waals surface area contributed by atoms with Crippen LogP contribution < -0.4 is 48.7 Å².